The third-order valence-corrected chi connectivity index (χ3v) is 17.5. The van der Waals surface area contributed by atoms with E-state index >= 15 is 0 Å². The number of rotatable bonds is 17. The molecule has 8 rings (SSSR count). The third-order valence-electron chi connectivity index (χ3n) is 12.2. The second-order valence-electron chi connectivity index (χ2n) is 17.9. The fourth-order valence-electron chi connectivity index (χ4n) is 8.35. The number of carbonyl (C=O) groups excluding carboxylic acids is 4. The van der Waals surface area contributed by atoms with Crippen LogP contribution in [0.3, 0.4) is 0 Å². The predicted octanol–water partition coefficient (Wildman–Crippen LogP) is 7.05. The maximum atomic E-state index is 13.4. The van der Waals surface area contributed by atoms with Gasteiger partial charge in [-0.15, -0.1) is 0 Å². The number of fused-ring (bicyclic) bond motifs is 2. The molecule has 5 amide bonds. The van der Waals surface area contributed by atoms with Gasteiger partial charge in [0.2, 0.25) is 0 Å². The molecule has 8 aromatic carbocycles. The zero-order valence-corrected chi connectivity index (χ0v) is 47.0. The number of nitrogens with one attached hydrogen (secondary N) is 6. The van der Waals surface area contributed by atoms with Crippen molar-refractivity contribution in [3.8, 4) is 0 Å². The zero-order chi connectivity index (χ0) is 61.6. The minimum absolute atomic E-state index is 0.00313. The number of hydrogen-bond acceptors (Lipinski definition) is 17. The quantitative estimate of drug-likeness (QED) is 0.0406. The SMILES string of the molecule is CC(Nc1ccc(C(=O)Nc2ccc(S(=O)(=O)O)c3cc(S(=O)(=O)O)cc(S(=O)(=O)O)c23)cc1)c1ccc(NC(=O)Nc2ccc(C(=O)Nc3ccc(C(=O)Nc4ccc(S(=O)(=O)O)c5cc(S(=O)(=O)O)cc(S(=O)(=O)O)c45)cc3)cc2)cc1. The summed E-state index contributed by atoms with van der Waals surface area (Å²) in [5.41, 5.74) is 1.32. The Morgan fingerprint density at radius 3 is 0.988 bits per heavy atom. The first-order chi connectivity index (χ1) is 38.9. The van der Waals surface area contributed by atoms with Crippen molar-refractivity contribution in [3.63, 3.8) is 0 Å². The summed E-state index contributed by atoms with van der Waals surface area (Å²) in [4.78, 5) is 46.0. The summed E-state index contributed by atoms with van der Waals surface area (Å²) in [6.07, 6.45) is 0. The highest BCUT2D eigenvalue weighted by Gasteiger charge is 2.30. The van der Waals surface area contributed by atoms with Crippen molar-refractivity contribution in [3.05, 3.63) is 168 Å². The third kappa shape index (κ3) is 14.0. The summed E-state index contributed by atoms with van der Waals surface area (Å²) in [6, 6.07) is 27.3. The van der Waals surface area contributed by atoms with Gasteiger partial charge in [0.15, 0.2) is 0 Å². The van der Waals surface area contributed by atoms with Gasteiger partial charge in [0, 0.05) is 67.0 Å². The molecule has 8 aromatic rings. The topological polar surface area (TPSA) is 467 Å². The summed E-state index contributed by atoms with van der Waals surface area (Å²) in [5, 5.41) is 12.9. The van der Waals surface area contributed by atoms with Crippen LogP contribution in [-0.2, 0) is 60.7 Å². The molecule has 0 heterocycles. The van der Waals surface area contributed by atoms with Crippen LogP contribution in [0.5, 0.6) is 0 Å². The normalized spacial score (nSPS) is 12.7. The summed E-state index contributed by atoms with van der Waals surface area (Å²) in [5.74, 6) is -2.42. The van der Waals surface area contributed by atoms with Gasteiger partial charge in [-0.3, -0.25) is 41.7 Å². The molecule has 0 aliphatic carbocycles. The van der Waals surface area contributed by atoms with Crippen molar-refractivity contribution in [2.75, 3.05) is 31.9 Å². The predicted molar refractivity (Wildman–Crippen MR) is 301 cm³/mol. The van der Waals surface area contributed by atoms with Crippen LogP contribution in [0.25, 0.3) is 21.5 Å². The molecule has 0 aliphatic rings. The van der Waals surface area contributed by atoms with Crippen LogP contribution < -0.4 is 31.9 Å². The minimum Gasteiger partial charge on any atom is -0.379 e. The standard InChI is InChI=1S/C50H40N6O22S6/c1-26(51-31-12-4-29(5-13-31)48(58)55-39-18-20-41(81(67,68)69)37-22-35(79(61,62)63)24-43(45(37)39)83(73,74)75)27-2-10-33(11-3-27)53-50(60)54-34-16-8-28(9-17-34)47(57)52-32-14-6-30(7-15-32)49(59)56-40-19-21-42(82(70,71)72)38-23-36(80(64,65)66)25-44(46(38)40)84(76,77)78/h2-26,51H,1H3,(H,52,57)(H,55,58)(H,56,59)(H2,53,54,60)(H,61,62,63)(H,64,65,66)(H,67,68,69)(H,70,71,72)(H,73,74,75)(H,76,77,78). The molecule has 0 aromatic heterocycles. The lowest BCUT2D eigenvalue weighted by molar-refractivity contribution is 0.101. The zero-order valence-electron chi connectivity index (χ0n) is 42.1. The van der Waals surface area contributed by atoms with E-state index in [1.807, 2.05) is 6.92 Å². The molecule has 28 nitrogen and oxygen atoms in total. The molecule has 0 radical (unpaired) electrons. The lowest BCUT2D eigenvalue weighted by Gasteiger charge is -2.17. The number of anilines is 6. The van der Waals surface area contributed by atoms with Crippen molar-refractivity contribution in [2.45, 2.75) is 42.3 Å². The summed E-state index contributed by atoms with van der Waals surface area (Å²) in [7, 11) is -31.5. The number of hydrogen-bond donors (Lipinski definition) is 12. The Hall–Kier alpha value is -8.78. The van der Waals surface area contributed by atoms with E-state index in [1.165, 1.54) is 72.8 Å². The summed E-state index contributed by atoms with van der Waals surface area (Å²) in [6.45, 7) is 1.82. The number of carbonyl (C=O) groups is 4. The molecule has 0 aliphatic heterocycles. The lowest BCUT2D eigenvalue weighted by atomic mass is 10.1. The van der Waals surface area contributed by atoms with Gasteiger partial charge in [-0.1, -0.05) is 12.1 Å². The van der Waals surface area contributed by atoms with E-state index in [-0.39, 0.29) is 28.4 Å². The van der Waals surface area contributed by atoms with Crippen LogP contribution in [0.4, 0.5) is 38.9 Å². The molecule has 0 saturated carbocycles. The molecule has 12 N–H and O–H groups in total. The Kier molecular flexibility index (Phi) is 16.6. The van der Waals surface area contributed by atoms with Crippen molar-refractivity contribution in [1.29, 1.82) is 0 Å². The van der Waals surface area contributed by atoms with Crippen LogP contribution in [0, 0.1) is 0 Å². The van der Waals surface area contributed by atoms with Gasteiger partial charge in [0.25, 0.3) is 78.4 Å². The summed E-state index contributed by atoms with van der Waals surface area (Å²) < 4.78 is 204. The Morgan fingerprint density at radius 2 is 0.655 bits per heavy atom. The molecule has 0 bridgehead atoms. The smallest absolute Gasteiger partial charge is 0.323 e. The molecule has 34 heteroatoms. The molecule has 0 fully saturated rings. The highest BCUT2D eigenvalue weighted by atomic mass is 32.2. The second-order valence-corrected chi connectivity index (χ2v) is 26.3. The number of amides is 5. The number of urea groups is 1. The first-order valence-corrected chi connectivity index (χ1v) is 31.8. The molecule has 438 valence electrons. The van der Waals surface area contributed by atoms with E-state index in [2.05, 4.69) is 31.9 Å². The first-order valence-electron chi connectivity index (χ1n) is 23.2. The van der Waals surface area contributed by atoms with Gasteiger partial charge in [-0.25, -0.2) is 4.79 Å². The highest BCUT2D eigenvalue weighted by molar-refractivity contribution is 7.88. The molecule has 1 atom stereocenters. The van der Waals surface area contributed by atoms with Crippen molar-refractivity contribution in [2.24, 2.45) is 0 Å². The fourth-order valence-corrected chi connectivity index (χ4v) is 12.4. The van der Waals surface area contributed by atoms with Crippen molar-refractivity contribution < 1.29 is 97.0 Å². The maximum absolute atomic E-state index is 13.4. The Balaban J connectivity index is 0.850. The minimum atomic E-state index is -5.39. The van der Waals surface area contributed by atoms with E-state index in [4.69, 9.17) is 0 Å². The van der Waals surface area contributed by atoms with Crippen LogP contribution in [-0.4, -0.2) is 102 Å². The maximum Gasteiger partial charge on any atom is 0.323 e. The lowest BCUT2D eigenvalue weighted by Crippen LogP contribution is -2.19. The van der Waals surface area contributed by atoms with E-state index in [1.54, 1.807) is 24.3 Å². The molecular weight excluding hydrogens is 1230 g/mol. The Morgan fingerprint density at radius 1 is 0.345 bits per heavy atom. The van der Waals surface area contributed by atoms with Crippen LogP contribution in [0.15, 0.2) is 175 Å². The van der Waals surface area contributed by atoms with E-state index in [9.17, 15) is 97.0 Å². The van der Waals surface area contributed by atoms with Gasteiger partial charge >= 0.3 is 6.03 Å². The number of benzene rings is 8. The monoisotopic (exact) mass is 1270 g/mol. The first kappa shape index (κ1) is 61.3. The van der Waals surface area contributed by atoms with Gasteiger partial charge in [0.05, 0.1) is 21.2 Å². The van der Waals surface area contributed by atoms with Crippen molar-refractivity contribution in [1.82, 2.24) is 0 Å². The fraction of sp³-hybridized carbons (Fsp3) is 0.0400. The van der Waals surface area contributed by atoms with E-state index < -0.39 is 147 Å². The molecule has 1 unspecified atom stereocenters. The van der Waals surface area contributed by atoms with Gasteiger partial charge in [-0.2, -0.15) is 50.5 Å². The van der Waals surface area contributed by atoms with Crippen LogP contribution in [0.2, 0.25) is 0 Å². The molecule has 84 heavy (non-hydrogen) atoms. The van der Waals surface area contributed by atoms with E-state index in [0.29, 0.717) is 47.4 Å². The van der Waals surface area contributed by atoms with Crippen molar-refractivity contribution >= 4 is 140 Å². The Labute approximate surface area is 476 Å². The van der Waals surface area contributed by atoms with Gasteiger partial charge in [-0.05, 0) is 146 Å². The largest absolute Gasteiger partial charge is 0.379 e. The average Bonchev–Trinajstić information content (AvgIpc) is 1.83. The van der Waals surface area contributed by atoms with E-state index in [0.717, 1.165) is 23.8 Å². The Bertz CT molecular complexity index is 4780. The highest BCUT2D eigenvalue weighted by Crippen LogP contribution is 2.39. The van der Waals surface area contributed by atoms with Crippen LogP contribution >= 0.6 is 0 Å². The van der Waals surface area contributed by atoms with Gasteiger partial charge < -0.3 is 31.9 Å². The second kappa shape index (κ2) is 22.8. The molecule has 0 saturated heterocycles. The molecular formula is C50H40N6O22S6. The average molecular weight is 1270 g/mol. The summed E-state index contributed by atoms with van der Waals surface area (Å²) >= 11 is 0. The molecule has 0 spiro atoms. The van der Waals surface area contributed by atoms with Crippen LogP contribution in [0.1, 0.15) is 49.6 Å². The van der Waals surface area contributed by atoms with Gasteiger partial charge in [0.1, 0.15) is 19.6 Å².